The first-order valence-electron chi connectivity index (χ1n) is 6.53. The van der Waals surface area contributed by atoms with Crippen molar-refractivity contribution in [2.24, 2.45) is 7.05 Å². The van der Waals surface area contributed by atoms with E-state index >= 15 is 0 Å². The topological polar surface area (TPSA) is 74.1 Å². The average molecular weight is 312 g/mol. The summed E-state index contributed by atoms with van der Waals surface area (Å²) in [6.45, 7) is 2.28. The van der Waals surface area contributed by atoms with Gasteiger partial charge in [-0.25, -0.2) is 0 Å². The van der Waals surface area contributed by atoms with Gasteiger partial charge in [-0.1, -0.05) is 23.7 Å². The molecule has 7 nitrogen and oxygen atoms in total. The summed E-state index contributed by atoms with van der Waals surface area (Å²) in [5.74, 6) is 1.15. The number of rotatable bonds is 8. The van der Waals surface area contributed by atoms with Gasteiger partial charge in [0.05, 0.1) is 18.7 Å². The molecule has 0 aliphatic rings. The molecule has 0 bridgehead atoms. The van der Waals surface area contributed by atoms with Crippen molar-refractivity contribution in [3.05, 3.63) is 34.6 Å². The quantitative estimate of drug-likeness (QED) is 0.738. The van der Waals surface area contributed by atoms with Gasteiger partial charge in [-0.2, -0.15) is 4.80 Å². The van der Waals surface area contributed by atoms with E-state index in [1.54, 1.807) is 20.2 Å². The smallest absolute Gasteiger partial charge is 0.212 e. The first-order valence-corrected chi connectivity index (χ1v) is 6.91. The van der Waals surface area contributed by atoms with Crippen molar-refractivity contribution in [3.8, 4) is 5.75 Å². The van der Waals surface area contributed by atoms with Crippen LogP contribution in [0, 0.1) is 0 Å². The Morgan fingerprint density at radius 2 is 2.24 bits per heavy atom. The van der Waals surface area contributed by atoms with Crippen molar-refractivity contribution in [2.45, 2.75) is 13.2 Å². The van der Waals surface area contributed by atoms with Gasteiger partial charge in [-0.15, -0.1) is 10.2 Å². The zero-order valence-corrected chi connectivity index (χ0v) is 12.8. The number of ether oxygens (including phenoxy) is 2. The summed E-state index contributed by atoms with van der Waals surface area (Å²) in [6, 6.07) is 5.65. The molecule has 21 heavy (non-hydrogen) atoms. The lowest BCUT2D eigenvalue weighted by atomic mass is 10.2. The molecule has 0 spiro atoms. The predicted molar refractivity (Wildman–Crippen MR) is 78.2 cm³/mol. The first-order chi connectivity index (χ1) is 10.2. The lowest BCUT2D eigenvalue weighted by molar-refractivity contribution is 0.199. The molecule has 8 heteroatoms. The van der Waals surface area contributed by atoms with Crippen molar-refractivity contribution in [1.29, 1.82) is 0 Å². The third-order valence-corrected chi connectivity index (χ3v) is 3.04. The second-order valence-corrected chi connectivity index (χ2v) is 4.79. The van der Waals surface area contributed by atoms with Crippen LogP contribution in [-0.2, 0) is 24.9 Å². The number of hydrogen-bond acceptors (Lipinski definition) is 6. The third kappa shape index (κ3) is 4.66. The second-order valence-electron chi connectivity index (χ2n) is 4.38. The number of aryl methyl sites for hydroxylation is 1. The second kappa shape index (κ2) is 7.92. The summed E-state index contributed by atoms with van der Waals surface area (Å²) in [5.41, 5.74) is 0.975. The highest BCUT2D eigenvalue weighted by Crippen LogP contribution is 2.29. The van der Waals surface area contributed by atoms with E-state index in [9.17, 15) is 0 Å². The minimum atomic E-state index is 0.225. The minimum absolute atomic E-state index is 0.225. The van der Waals surface area contributed by atoms with E-state index in [1.807, 2.05) is 12.1 Å². The van der Waals surface area contributed by atoms with Crippen molar-refractivity contribution in [1.82, 2.24) is 25.5 Å². The SMILES string of the molecule is COCCNCc1cccc(Cl)c1OCc1nnn(C)n1. The Morgan fingerprint density at radius 3 is 2.95 bits per heavy atom. The molecule has 0 radical (unpaired) electrons. The van der Waals surface area contributed by atoms with E-state index in [-0.39, 0.29) is 6.61 Å². The van der Waals surface area contributed by atoms with Gasteiger partial charge in [0.2, 0.25) is 5.82 Å². The zero-order chi connectivity index (χ0) is 15.1. The standard InChI is InChI=1S/C13H18ClN5O2/c1-19-17-12(16-18-19)9-21-13-10(4-3-5-11(13)14)8-15-6-7-20-2/h3-5,15H,6-9H2,1-2H3. The number of methoxy groups -OCH3 is 1. The normalized spacial score (nSPS) is 10.8. The molecule has 1 aromatic carbocycles. The van der Waals surface area contributed by atoms with Crippen LogP contribution < -0.4 is 10.1 Å². The van der Waals surface area contributed by atoms with Gasteiger partial charge in [0.1, 0.15) is 5.75 Å². The van der Waals surface area contributed by atoms with Gasteiger partial charge >= 0.3 is 0 Å². The number of halogens is 1. The molecular formula is C13H18ClN5O2. The Morgan fingerprint density at radius 1 is 1.38 bits per heavy atom. The number of aromatic nitrogens is 4. The maximum absolute atomic E-state index is 6.20. The van der Waals surface area contributed by atoms with Crippen LogP contribution in [0.3, 0.4) is 0 Å². The van der Waals surface area contributed by atoms with Crippen molar-refractivity contribution < 1.29 is 9.47 Å². The van der Waals surface area contributed by atoms with Gasteiger partial charge in [0.25, 0.3) is 0 Å². The fourth-order valence-electron chi connectivity index (χ4n) is 1.77. The highest BCUT2D eigenvalue weighted by atomic mass is 35.5. The van der Waals surface area contributed by atoms with Crippen LogP contribution in [0.2, 0.25) is 5.02 Å². The molecule has 0 saturated carbocycles. The van der Waals surface area contributed by atoms with E-state index in [0.717, 1.165) is 12.1 Å². The van der Waals surface area contributed by atoms with Crippen LogP contribution >= 0.6 is 11.6 Å². The maximum Gasteiger partial charge on any atom is 0.212 e. The number of hydrogen-bond donors (Lipinski definition) is 1. The van der Waals surface area contributed by atoms with Gasteiger partial charge < -0.3 is 14.8 Å². The molecule has 2 aromatic rings. The molecule has 2 rings (SSSR count). The molecule has 0 aliphatic carbocycles. The first kappa shape index (κ1) is 15.7. The summed E-state index contributed by atoms with van der Waals surface area (Å²) in [7, 11) is 3.38. The van der Waals surface area contributed by atoms with Crippen LogP contribution in [0.5, 0.6) is 5.75 Å². The molecule has 0 atom stereocenters. The molecule has 0 amide bonds. The van der Waals surface area contributed by atoms with Gasteiger partial charge in [0, 0.05) is 25.8 Å². The predicted octanol–water partition coefficient (Wildman–Crippen LogP) is 1.18. The van der Waals surface area contributed by atoms with Crippen molar-refractivity contribution in [2.75, 3.05) is 20.3 Å². The summed E-state index contributed by atoms with van der Waals surface area (Å²) >= 11 is 6.20. The lowest BCUT2D eigenvalue weighted by Gasteiger charge is -2.12. The van der Waals surface area contributed by atoms with Crippen LogP contribution in [0.4, 0.5) is 0 Å². The molecule has 114 valence electrons. The Labute approximate surface area is 128 Å². The zero-order valence-electron chi connectivity index (χ0n) is 12.0. The van der Waals surface area contributed by atoms with Crippen molar-refractivity contribution >= 4 is 11.6 Å². The summed E-state index contributed by atoms with van der Waals surface area (Å²) in [5, 5.41) is 15.5. The minimum Gasteiger partial charge on any atom is -0.484 e. The highest BCUT2D eigenvalue weighted by Gasteiger charge is 2.10. The fourth-order valence-corrected chi connectivity index (χ4v) is 2.02. The lowest BCUT2D eigenvalue weighted by Crippen LogP contribution is -2.19. The van der Waals surface area contributed by atoms with Crippen LogP contribution in [0.1, 0.15) is 11.4 Å². The maximum atomic E-state index is 6.20. The molecule has 1 heterocycles. The largest absolute Gasteiger partial charge is 0.484 e. The van der Waals surface area contributed by atoms with Gasteiger partial charge in [0.15, 0.2) is 6.61 Å². The average Bonchev–Trinajstić information content (AvgIpc) is 2.88. The van der Waals surface area contributed by atoms with E-state index in [2.05, 4.69) is 20.7 Å². The summed E-state index contributed by atoms with van der Waals surface area (Å²) in [4.78, 5) is 1.39. The number of para-hydroxylation sites is 1. The van der Waals surface area contributed by atoms with E-state index < -0.39 is 0 Å². The van der Waals surface area contributed by atoms with E-state index in [0.29, 0.717) is 29.7 Å². The van der Waals surface area contributed by atoms with Gasteiger partial charge in [-0.3, -0.25) is 0 Å². The third-order valence-electron chi connectivity index (χ3n) is 2.74. The molecule has 0 aliphatic heterocycles. The summed E-state index contributed by atoms with van der Waals surface area (Å²) < 4.78 is 10.7. The van der Waals surface area contributed by atoms with Crippen molar-refractivity contribution in [3.63, 3.8) is 0 Å². The molecule has 0 fully saturated rings. The Bertz CT molecular complexity index is 575. The van der Waals surface area contributed by atoms with Crippen LogP contribution in [-0.4, -0.2) is 40.5 Å². The summed E-state index contributed by atoms with van der Waals surface area (Å²) in [6.07, 6.45) is 0. The fraction of sp³-hybridized carbons (Fsp3) is 0.462. The molecule has 0 saturated heterocycles. The molecular weight excluding hydrogens is 294 g/mol. The Kier molecular flexibility index (Phi) is 5.91. The molecule has 1 N–H and O–H groups in total. The Balaban J connectivity index is 1.99. The number of nitrogens with zero attached hydrogens (tertiary/aromatic N) is 4. The number of benzene rings is 1. The molecule has 0 unspecified atom stereocenters. The van der Waals surface area contributed by atoms with E-state index in [4.69, 9.17) is 21.1 Å². The molecule has 1 aromatic heterocycles. The number of tetrazole rings is 1. The van der Waals surface area contributed by atoms with Crippen LogP contribution in [0.25, 0.3) is 0 Å². The number of nitrogens with one attached hydrogen (secondary N) is 1. The van der Waals surface area contributed by atoms with E-state index in [1.165, 1.54) is 4.80 Å². The monoisotopic (exact) mass is 311 g/mol. The highest BCUT2D eigenvalue weighted by molar-refractivity contribution is 6.32. The van der Waals surface area contributed by atoms with Crippen LogP contribution in [0.15, 0.2) is 18.2 Å². The van der Waals surface area contributed by atoms with Gasteiger partial charge in [-0.05, 0) is 11.3 Å². The Hall–Kier alpha value is -1.70.